The summed E-state index contributed by atoms with van der Waals surface area (Å²) in [5.41, 5.74) is 0. The maximum absolute atomic E-state index is 11.7. The maximum atomic E-state index is 11.7. The smallest absolute Gasteiger partial charge is 0.310 e. The molecule has 0 heterocycles. The second-order valence-electron chi connectivity index (χ2n) is 4.16. The van der Waals surface area contributed by atoms with Gasteiger partial charge in [0.25, 0.3) is 0 Å². The molecule has 0 saturated heterocycles. The molecule has 0 bridgehead atoms. The van der Waals surface area contributed by atoms with Crippen LogP contribution in [0.3, 0.4) is 0 Å². The average Bonchev–Trinajstić information content (AvgIpc) is 2.75. The van der Waals surface area contributed by atoms with Gasteiger partial charge in [0, 0.05) is 6.04 Å². The van der Waals surface area contributed by atoms with E-state index in [9.17, 15) is 18.0 Å². The summed E-state index contributed by atoms with van der Waals surface area (Å²) in [5.74, 6) is -2.59. The van der Waals surface area contributed by atoms with E-state index < -0.39 is 33.9 Å². The van der Waals surface area contributed by atoms with Crippen molar-refractivity contribution in [1.82, 2.24) is 4.72 Å². The summed E-state index contributed by atoms with van der Waals surface area (Å²) in [4.78, 5) is 21.8. The van der Waals surface area contributed by atoms with Crippen LogP contribution in [0.1, 0.15) is 19.8 Å². The lowest BCUT2D eigenvalue weighted by molar-refractivity contribution is -0.142. The van der Waals surface area contributed by atoms with Crippen LogP contribution in [0.4, 0.5) is 0 Å². The first-order valence-corrected chi connectivity index (χ1v) is 7.56. The van der Waals surface area contributed by atoms with E-state index in [4.69, 9.17) is 5.11 Å². The summed E-state index contributed by atoms with van der Waals surface area (Å²) in [6.07, 6.45) is 2.94. The number of carboxylic acid groups (broad SMARTS) is 1. The van der Waals surface area contributed by atoms with Crippen molar-refractivity contribution < 1.29 is 27.9 Å². The largest absolute Gasteiger partial charge is 0.481 e. The number of carboxylic acids is 1. The molecule has 0 fully saturated rings. The maximum Gasteiger partial charge on any atom is 0.310 e. The van der Waals surface area contributed by atoms with Crippen LogP contribution in [0.5, 0.6) is 0 Å². The molecule has 8 heteroatoms. The number of rotatable bonds is 7. The first kappa shape index (κ1) is 15.6. The minimum atomic E-state index is -3.62. The fourth-order valence-electron chi connectivity index (χ4n) is 1.71. The van der Waals surface area contributed by atoms with Crippen LogP contribution in [0.15, 0.2) is 12.2 Å². The van der Waals surface area contributed by atoms with Crippen molar-refractivity contribution >= 4 is 22.0 Å². The number of sulfonamides is 1. The molecule has 0 radical (unpaired) electrons. The predicted molar refractivity (Wildman–Crippen MR) is 66.8 cm³/mol. The van der Waals surface area contributed by atoms with E-state index in [1.54, 1.807) is 6.92 Å². The van der Waals surface area contributed by atoms with Gasteiger partial charge in [-0.25, -0.2) is 13.1 Å². The second-order valence-corrected chi connectivity index (χ2v) is 6.04. The standard InChI is InChI=1S/C11H17NO6S/c1-2-18-10(13)5-6-19(16,17)12-9-4-3-8(7-9)11(14)15/h3-4,8-9,12H,2,5-7H2,1H3,(H,14,15). The minimum absolute atomic E-state index is 0.188. The molecule has 0 aliphatic heterocycles. The lowest BCUT2D eigenvalue weighted by Gasteiger charge is -2.12. The van der Waals surface area contributed by atoms with E-state index in [1.165, 1.54) is 12.2 Å². The third-order valence-electron chi connectivity index (χ3n) is 2.61. The number of ether oxygens (including phenoxy) is 1. The number of aliphatic carboxylic acids is 1. The van der Waals surface area contributed by atoms with E-state index in [-0.39, 0.29) is 25.2 Å². The van der Waals surface area contributed by atoms with Gasteiger partial charge in [-0.15, -0.1) is 0 Å². The van der Waals surface area contributed by atoms with E-state index in [0.29, 0.717) is 0 Å². The van der Waals surface area contributed by atoms with E-state index in [2.05, 4.69) is 9.46 Å². The Morgan fingerprint density at radius 2 is 2.11 bits per heavy atom. The van der Waals surface area contributed by atoms with Gasteiger partial charge in [-0.05, 0) is 13.3 Å². The van der Waals surface area contributed by atoms with Crippen LogP contribution in [-0.2, 0) is 24.3 Å². The average molecular weight is 291 g/mol. The Morgan fingerprint density at radius 3 is 2.63 bits per heavy atom. The first-order valence-electron chi connectivity index (χ1n) is 5.91. The van der Waals surface area contributed by atoms with Gasteiger partial charge < -0.3 is 9.84 Å². The molecule has 2 atom stereocenters. The number of carbonyl (C=O) groups excluding carboxylic acids is 1. The van der Waals surface area contributed by atoms with Crippen LogP contribution >= 0.6 is 0 Å². The number of nitrogens with one attached hydrogen (secondary N) is 1. The Morgan fingerprint density at radius 1 is 1.42 bits per heavy atom. The van der Waals surface area contributed by atoms with Crippen LogP contribution in [0, 0.1) is 5.92 Å². The number of hydrogen-bond acceptors (Lipinski definition) is 5. The lowest BCUT2D eigenvalue weighted by Crippen LogP contribution is -2.35. The summed E-state index contributed by atoms with van der Waals surface area (Å²) in [5, 5.41) is 8.77. The SMILES string of the molecule is CCOC(=O)CCS(=O)(=O)NC1C=CC(C(=O)O)C1. The molecule has 0 saturated carbocycles. The molecule has 1 rings (SSSR count). The molecule has 7 nitrogen and oxygen atoms in total. The van der Waals surface area contributed by atoms with Crippen LogP contribution in [-0.4, -0.2) is 43.9 Å². The molecular formula is C11H17NO6S. The van der Waals surface area contributed by atoms with Crippen LogP contribution in [0.2, 0.25) is 0 Å². The highest BCUT2D eigenvalue weighted by molar-refractivity contribution is 7.89. The Kier molecular flexibility index (Phi) is 5.49. The molecule has 0 aromatic carbocycles. The Hall–Kier alpha value is -1.41. The highest BCUT2D eigenvalue weighted by Gasteiger charge is 2.27. The van der Waals surface area contributed by atoms with Gasteiger partial charge in [0.1, 0.15) is 0 Å². The second kappa shape index (κ2) is 6.67. The quantitative estimate of drug-likeness (QED) is 0.500. The zero-order valence-corrected chi connectivity index (χ0v) is 11.4. The summed E-state index contributed by atoms with van der Waals surface area (Å²) in [7, 11) is -3.62. The predicted octanol–water partition coefficient (Wildman–Crippen LogP) is -0.112. The van der Waals surface area contributed by atoms with Crippen molar-refractivity contribution in [2.75, 3.05) is 12.4 Å². The minimum Gasteiger partial charge on any atom is -0.481 e. The van der Waals surface area contributed by atoms with Gasteiger partial charge in [-0.2, -0.15) is 0 Å². The molecule has 2 unspecified atom stereocenters. The third-order valence-corrected chi connectivity index (χ3v) is 4.02. The first-order chi connectivity index (χ1) is 8.84. The molecule has 1 aliphatic carbocycles. The molecule has 108 valence electrons. The molecule has 0 aromatic heterocycles. The topological polar surface area (TPSA) is 110 Å². The van der Waals surface area contributed by atoms with E-state index in [1.807, 2.05) is 0 Å². The highest BCUT2D eigenvalue weighted by atomic mass is 32.2. The monoisotopic (exact) mass is 291 g/mol. The Labute approximate surface area is 111 Å². The van der Waals surface area contributed by atoms with Gasteiger partial charge in [0.15, 0.2) is 0 Å². The Balaban J connectivity index is 2.42. The van der Waals surface area contributed by atoms with Crippen molar-refractivity contribution in [3.63, 3.8) is 0 Å². The third kappa shape index (κ3) is 5.39. The van der Waals surface area contributed by atoms with E-state index in [0.717, 1.165) is 0 Å². The normalized spacial score (nSPS) is 22.4. The zero-order chi connectivity index (χ0) is 14.5. The number of esters is 1. The van der Waals surface area contributed by atoms with Crippen molar-refractivity contribution in [2.24, 2.45) is 5.92 Å². The molecule has 0 spiro atoms. The van der Waals surface area contributed by atoms with Crippen molar-refractivity contribution in [3.8, 4) is 0 Å². The molecule has 0 amide bonds. The highest BCUT2D eigenvalue weighted by Crippen LogP contribution is 2.18. The van der Waals surface area contributed by atoms with Crippen molar-refractivity contribution in [1.29, 1.82) is 0 Å². The van der Waals surface area contributed by atoms with Gasteiger partial charge in [-0.3, -0.25) is 9.59 Å². The Bertz CT molecular complexity index is 470. The van der Waals surface area contributed by atoms with Crippen LogP contribution in [0.25, 0.3) is 0 Å². The lowest BCUT2D eigenvalue weighted by atomic mass is 10.1. The van der Waals surface area contributed by atoms with Gasteiger partial charge in [-0.1, -0.05) is 12.2 Å². The van der Waals surface area contributed by atoms with Gasteiger partial charge in [0.05, 0.1) is 24.7 Å². The fourth-order valence-corrected chi connectivity index (χ4v) is 2.90. The molecule has 19 heavy (non-hydrogen) atoms. The molecular weight excluding hydrogens is 274 g/mol. The van der Waals surface area contributed by atoms with E-state index >= 15 is 0 Å². The summed E-state index contributed by atoms with van der Waals surface area (Å²) >= 11 is 0. The summed E-state index contributed by atoms with van der Waals surface area (Å²) in [6, 6.07) is -0.534. The molecule has 2 N–H and O–H groups in total. The van der Waals surface area contributed by atoms with Crippen LogP contribution < -0.4 is 4.72 Å². The van der Waals surface area contributed by atoms with Gasteiger partial charge >= 0.3 is 11.9 Å². The number of carbonyl (C=O) groups is 2. The zero-order valence-electron chi connectivity index (χ0n) is 10.5. The fraction of sp³-hybridized carbons (Fsp3) is 0.636. The van der Waals surface area contributed by atoms with Crippen molar-refractivity contribution in [2.45, 2.75) is 25.8 Å². The van der Waals surface area contributed by atoms with Crippen molar-refractivity contribution in [3.05, 3.63) is 12.2 Å². The van der Waals surface area contributed by atoms with Gasteiger partial charge in [0.2, 0.25) is 10.0 Å². The summed E-state index contributed by atoms with van der Waals surface area (Å²) in [6.45, 7) is 1.85. The number of hydrogen-bond donors (Lipinski definition) is 2. The summed E-state index contributed by atoms with van der Waals surface area (Å²) < 4.78 is 30.3. The molecule has 0 aromatic rings. The molecule has 1 aliphatic rings.